The molecule has 0 aliphatic carbocycles. The molecule has 0 fully saturated rings. The molecule has 2 heterocycles. The Morgan fingerprint density at radius 3 is 2.32 bits per heavy atom. The molecule has 2 N–H and O–H groups in total. The molecule has 2 aliphatic heterocycles. The van der Waals surface area contributed by atoms with Crippen LogP contribution in [0.4, 0.5) is 4.79 Å². The van der Waals surface area contributed by atoms with Gasteiger partial charge in [-0.05, 0) is 90.0 Å². The van der Waals surface area contributed by atoms with E-state index in [4.69, 9.17) is 14.2 Å². The number of hydrogen-bond acceptors (Lipinski definition) is 8. The molecule has 0 aromatic heterocycles. The molecule has 0 bridgehead atoms. The lowest BCUT2D eigenvalue weighted by Gasteiger charge is -2.26. The fraction of sp³-hybridized carbons (Fsp3) is 0.424. The minimum atomic E-state index is -0.925. The van der Waals surface area contributed by atoms with Gasteiger partial charge < -0.3 is 24.1 Å². The largest absolute Gasteiger partial charge is 0.489 e. The number of ether oxygens (including phenoxy) is 3. The first-order valence-corrected chi connectivity index (χ1v) is 14.7. The number of hydrogen-bond donors (Lipinski definition) is 2. The zero-order valence-electron chi connectivity index (χ0n) is 26.1. The Kier molecular flexibility index (Phi) is 9.76. The van der Waals surface area contributed by atoms with Crippen molar-refractivity contribution in [1.82, 2.24) is 19.9 Å². The molecular weight excluding hydrogens is 564 g/mol. The van der Waals surface area contributed by atoms with E-state index < -0.39 is 40.6 Å². The summed E-state index contributed by atoms with van der Waals surface area (Å²) in [6.07, 6.45) is 0.606. The average Bonchev–Trinajstić information content (AvgIpc) is 2.92. The Labute approximate surface area is 255 Å². The topological polar surface area (TPSA) is 142 Å². The molecule has 0 spiro atoms. The van der Waals surface area contributed by atoms with Gasteiger partial charge in [0.25, 0.3) is 5.56 Å². The first-order chi connectivity index (χ1) is 20.7. The van der Waals surface area contributed by atoms with Gasteiger partial charge in [0, 0.05) is 12.6 Å². The molecule has 4 rings (SSSR count). The molecule has 11 heteroatoms. The number of aromatic amines is 1. The van der Waals surface area contributed by atoms with E-state index in [1.54, 1.807) is 47.6 Å². The van der Waals surface area contributed by atoms with Gasteiger partial charge in [-0.3, -0.25) is 9.78 Å². The molecule has 2 aromatic rings. The molecule has 1 amide bonds. The number of alkyl carbamates (subject to hydrolysis) is 1. The predicted molar refractivity (Wildman–Crippen MR) is 167 cm³/mol. The van der Waals surface area contributed by atoms with E-state index in [-0.39, 0.29) is 17.8 Å². The van der Waals surface area contributed by atoms with Crippen molar-refractivity contribution in [3.8, 4) is 17.1 Å². The van der Waals surface area contributed by atoms with Crippen molar-refractivity contribution in [1.29, 1.82) is 0 Å². The van der Waals surface area contributed by atoms with Gasteiger partial charge in [-0.1, -0.05) is 30.3 Å². The van der Waals surface area contributed by atoms with Crippen LogP contribution in [0.2, 0.25) is 0 Å². The number of fused-ring (bicyclic) bond motifs is 2. The fourth-order valence-electron chi connectivity index (χ4n) is 4.68. The van der Waals surface area contributed by atoms with Crippen molar-refractivity contribution in [2.24, 2.45) is 0 Å². The predicted octanol–water partition coefficient (Wildman–Crippen LogP) is 5.17. The van der Waals surface area contributed by atoms with E-state index in [1.165, 1.54) is 0 Å². The number of aryl methyl sites for hydroxylation is 1. The Morgan fingerprint density at radius 2 is 1.64 bits per heavy atom. The second kappa shape index (κ2) is 13.3. The van der Waals surface area contributed by atoms with Gasteiger partial charge in [0.05, 0.1) is 11.1 Å². The molecule has 0 unspecified atom stereocenters. The number of aromatic nitrogens is 3. The standard InChI is InChI=1S/C33H40N4O7/c1-32(2,3)43-29(39)25(34-31(41)44-33(4,5)6)14-10-11-17-37-26-19-23(42-20-21-12-8-7-9-13-21)16-15-22(26)18-24-27(37)35-30(40)36-28(24)38/h7-9,12-13,15-16,18-19,25H,10-11,14,17,20H2,1-6H3,(H,34,41)(H,36,38,40)/t25-/m0/s1. The van der Waals surface area contributed by atoms with Gasteiger partial charge >= 0.3 is 17.8 Å². The van der Waals surface area contributed by atoms with Crippen LogP contribution >= 0.6 is 0 Å². The number of benzene rings is 2. The fourth-order valence-corrected chi connectivity index (χ4v) is 4.68. The number of H-pyrrole nitrogens is 1. The monoisotopic (exact) mass is 604 g/mol. The highest BCUT2D eigenvalue weighted by Gasteiger charge is 2.28. The van der Waals surface area contributed by atoms with Crippen LogP contribution in [0, 0.1) is 0 Å². The number of unbranched alkanes of at least 4 members (excludes halogenated alkanes) is 1. The van der Waals surface area contributed by atoms with E-state index >= 15 is 0 Å². The van der Waals surface area contributed by atoms with E-state index in [2.05, 4.69) is 15.3 Å². The third-order valence-corrected chi connectivity index (χ3v) is 6.52. The Hall–Kier alpha value is -4.67. The number of esters is 1. The van der Waals surface area contributed by atoms with Crippen LogP contribution in [-0.2, 0) is 27.4 Å². The van der Waals surface area contributed by atoms with Crippen LogP contribution < -0.4 is 21.3 Å². The van der Waals surface area contributed by atoms with Crippen LogP contribution in [-0.4, -0.2) is 43.8 Å². The highest BCUT2D eigenvalue weighted by atomic mass is 16.6. The number of nitrogens with one attached hydrogen (secondary N) is 2. The van der Waals surface area contributed by atoms with Crippen LogP contribution in [0.15, 0.2) is 64.2 Å². The summed E-state index contributed by atoms with van der Waals surface area (Å²) in [7, 11) is 0. The smallest absolute Gasteiger partial charge is 0.408 e. The zero-order chi connectivity index (χ0) is 32.1. The lowest BCUT2D eigenvalue weighted by molar-refractivity contribution is -0.157. The maximum absolute atomic E-state index is 13.0. The molecule has 1 atom stereocenters. The molecule has 0 saturated carbocycles. The van der Waals surface area contributed by atoms with E-state index in [0.29, 0.717) is 31.7 Å². The summed E-state index contributed by atoms with van der Waals surface area (Å²) < 4.78 is 18.8. The van der Waals surface area contributed by atoms with Gasteiger partial charge in [-0.2, -0.15) is 4.98 Å². The van der Waals surface area contributed by atoms with Gasteiger partial charge in [0.2, 0.25) is 0 Å². The van der Waals surface area contributed by atoms with Crippen LogP contribution in [0.25, 0.3) is 22.3 Å². The number of nitrogens with zero attached hydrogens (tertiary/aromatic N) is 2. The van der Waals surface area contributed by atoms with E-state index in [0.717, 1.165) is 16.5 Å². The maximum atomic E-state index is 13.0. The number of rotatable bonds is 10. The highest BCUT2D eigenvalue weighted by molar-refractivity contribution is 5.86. The highest BCUT2D eigenvalue weighted by Crippen LogP contribution is 2.28. The van der Waals surface area contributed by atoms with Crippen molar-refractivity contribution in [2.45, 2.75) is 91.2 Å². The summed E-state index contributed by atoms with van der Waals surface area (Å²) >= 11 is 0. The molecule has 11 nitrogen and oxygen atoms in total. The van der Waals surface area contributed by atoms with Gasteiger partial charge in [0.15, 0.2) is 5.82 Å². The van der Waals surface area contributed by atoms with Gasteiger partial charge in [-0.15, -0.1) is 0 Å². The maximum Gasteiger partial charge on any atom is 0.408 e. The Morgan fingerprint density at radius 1 is 0.932 bits per heavy atom. The van der Waals surface area contributed by atoms with E-state index in [1.807, 2.05) is 53.1 Å². The van der Waals surface area contributed by atoms with Crippen LogP contribution in [0.1, 0.15) is 66.4 Å². The van der Waals surface area contributed by atoms with Crippen molar-refractivity contribution < 1.29 is 23.8 Å². The van der Waals surface area contributed by atoms with Crippen LogP contribution in [0.5, 0.6) is 5.75 Å². The quantitative estimate of drug-likeness (QED) is 0.143. The van der Waals surface area contributed by atoms with Crippen molar-refractivity contribution in [2.75, 3.05) is 0 Å². The number of carbonyl (C=O) groups is 2. The molecule has 2 aromatic carbocycles. The second-order valence-corrected chi connectivity index (χ2v) is 12.6. The van der Waals surface area contributed by atoms with Crippen molar-refractivity contribution in [3.05, 3.63) is 81.0 Å². The molecular formula is C33H40N4O7. The Balaban J connectivity index is 1.57. The SMILES string of the molecule is CC(C)(C)OC(=O)N[C@@H](CCCCn1c2nc(=O)[nH]c(=O)c-2cc2ccc(OCc3ccccc3)cc21)C(=O)OC(C)(C)C. The summed E-state index contributed by atoms with van der Waals surface area (Å²) in [5.74, 6) is 0.311. The number of pyridine rings is 1. The lowest BCUT2D eigenvalue weighted by Crippen LogP contribution is -2.46. The first-order valence-electron chi connectivity index (χ1n) is 14.7. The third kappa shape index (κ3) is 8.92. The van der Waals surface area contributed by atoms with Crippen LogP contribution in [0.3, 0.4) is 0 Å². The van der Waals surface area contributed by atoms with E-state index in [9.17, 15) is 19.2 Å². The second-order valence-electron chi connectivity index (χ2n) is 12.6. The average molecular weight is 605 g/mol. The van der Waals surface area contributed by atoms with Crippen molar-refractivity contribution in [3.63, 3.8) is 0 Å². The molecule has 44 heavy (non-hydrogen) atoms. The molecule has 0 saturated heterocycles. The Bertz CT molecular complexity index is 1700. The summed E-state index contributed by atoms with van der Waals surface area (Å²) in [5.41, 5.74) is -0.696. The third-order valence-electron chi connectivity index (χ3n) is 6.52. The number of carbonyl (C=O) groups excluding carboxylic acids is 2. The minimum absolute atomic E-state index is 0.252. The van der Waals surface area contributed by atoms with Gasteiger partial charge in [-0.25, -0.2) is 14.4 Å². The summed E-state index contributed by atoms with van der Waals surface area (Å²) in [6, 6.07) is 16.1. The first kappa shape index (κ1) is 32.2. The zero-order valence-corrected chi connectivity index (χ0v) is 26.1. The van der Waals surface area contributed by atoms with Crippen molar-refractivity contribution >= 4 is 23.0 Å². The summed E-state index contributed by atoms with van der Waals surface area (Å²) in [4.78, 5) is 56.7. The number of amides is 1. The lowest BCUT2D eigenvalue weighted by atomic mass is 10.1. The molecule has 234 valence electrons. The van der Waals surface area contributed by atoms with Gasteiger partial charge in [0.1, 0.15) is 29.6 Å². The summed E-state index contributed by atoms with van der Waals surface area (Å²) in [6.45, 7) is 11.2. The minimum Gasteiger partial charge on any atom is -0.489 e. The molecule has 2 aliphatic rings. The normalized spacial score (nSPS) is 12.6. The molecule has 0 radical (unpaired) electrons. The summed E-state index contributed by atoms with van der Waals surface area (Å²) in [5, 5.41) is 3.42.